The van der Waals surface area contributed by atoms with Gasteiger partial charge in [0.05, 0.1) is 0 Å². The third-order valence-corrected chi connectivity index (χ3v) is 6.91. The molecule has 1 amide bonds. The molecule has 0 aliphatic carbocycles. The highest BCUT2D eigenvalue weighted by atomic mass is 16.4. The summed E-state index contributed by atoms with van der Waals surface area (Å²) in [4.78, 5) is 42.1. The summed E-state index contributed by atoms with van der Waals surface area (Å²) in [6.45, 7) is 5.51. The molecule has 0 radical (unpaired) electrons. The molecule has 3 aromatic rings. The van der Waals surface area contributed by atoms with Crippen molar-refractivity contribution >= 4 is 28.5 Å². The van der Waals surface area contributed by atoms with Crippen LogP contribution in [0.3, 0.4) is 0 Å². The van der Waals surface area contributed by atoms with Crippen molar-refractivity contribution in [2.75, 3.05) is 18.4 Å². The van der Waals surface area contributed by atoms with Crippen molar-refractivity contribution in [2.24, 2.45) is 11.8 Å². The van der Waals surface area contributed by atoms with Gasteiger partial charge in [-0.15, -0.1) is 0 Å². The second-order valence-electron chi connectivity index (χ2n) is 9.54. The van der Waals surface area contributed by atoms with E-state index in [-0.39, 0.29) is 29.2 Å². The van der Waals surface area contributed by atoms with Crippen molar-refractivity contribution in [3.05, 3.63) is 64.2 Å². The Kier molecular flexibility index (Phi) is 5.32. The number of hydrogen-bond donors (Lipinski definition) is 3. The smallest absolute Gasteiger partial charge is 0.325 e. The van der Waals surface area contributed by atoms with E-state index >= 15 is 0 Å². The molecule has 8 nitrogen and oxygen atoms in total. The number of fused-ring (bicyclic) bond motifs is 5. The topological polar surface area (TPSA) is 107 Å². The van der Waals surface area contributed by atoms with Gasteiger partial charge in [-0.25, -0.2) is 0 Å². The number of rotatable bonds is 5. The summed E-state index contributed by atoms with van der Waals surface area (Å²) in [6.07, 6.45) is 2.74. The molecule has 2 bridgehead atoms. The van der Waals surface area contributed by atoms with E-state index in [1.54, 1.807) is 18.3 Å². The Hall–Kier alpha value is -3.39. The predicted octanol–water partition coefficient (Wildman–Crippen LogP) is 3.17. The van der Waals surface area contributed by atoms with Gasteiger partial charge in [0.1, 0.15) is 6.04 Å². The van der Waals surface area contributed by atoms with E-state index in [1.165, 1.54) is 0 Å². The van der Waals surface area contributed by atoms with E-state index in [2.05, 4.69) is 10.3 Å². The number of aliphatic carboxylic acids is 1. The number of aromatic nitrogens is 2. The number of anilines is 1. The molecule has 5 rings (SSSR count). The first-order valence-corrected chi connectivity index (χ1v) is 11.4. The zero-order valence-corrected chi connectivity index (χ0v) is 18.7. The molecule has 1 saturated heterocycles. The molecule has 0 spiro atoms. The molecule has 2 aliphatic heterocycles. The Morgan fingerprint density at radius 1 is 1.15 bits per heavy atom. The summed E-state index contributed by atoms with van der Waals surface area (Å²) in [6, 6.07) is 10.1. The van der Waals surface area contributed by atoms with Crippen LogP contribution in [0.15, 0.2) is 47.4 Å². The van der Waals surface area contributed by atoms with Crippen LogP contribution in [-0.2, 0) is 16.1 Å². The number of carbonyl (C=O) groups excluding carboxylic acids is 1. The first kappa shape index (κ1) is 21.5. The van der Waals surface area contributed by atoms with E-state index in [0.717, 1.165) is 23.0 Å². The molecular formula is C25H28N4O4. The molecule has 1 fully saturated rings. The zero-order valence-electron chi connectivity index (χ0n) is 18.7. The van der Waals surface area contributed by atoms with Gasteiger partial charge in [-0.05, 0) is 30.5 Å². The SMILES string of the molecule is CC(C)C(=O)Nc1ccc2c([C@H](C(=O)O)N3C[C@@H]4C[C@@H](C3)c3cccc(=O)n3C4)c[nH]c2c1. The molecule has 3 N–H and O–H groups in total. The van der Waals surface area contributed by atoms with Crippen LogP contribution in [-0.4, -0.2) is 44.5 Å². The number of carboxylic acids is 1. The molecular weight excluding hydrogens is 420 g/mol. The summed E-state index contributed by atoms with van der Waals surface area (Å²) in [5.41, 5.74) is 3.19. The van der Waals surface area contributed by atoms with Gasteiger partial charge in [0, 0.05) is 71.6 Å². The fourth-order valence-electron chi connectivity index (χ4n) is 5.37. The summed E-state index contributed by atoms with van der Waals surface area (Å²) in [7, 11) is 0. The van der Waals surface area contributed by atoms with Crippen LogP contribution in [0.25, 0.3) is 10.9 Å². The summed E-state index contributed by atoms with van der Waals surface area (Å²) < 4.78 is 1.85. The van der Waals surface area contributed by atoms with Gasteiger partial charge in [-0.2, -0.15) is 0 Å². The number of benzene rings is 1. The second-order valence-corrected chi connectivity index (χ2v) is 9.54. The number of pyridine rings is 1. The van der Waals surface area contributed by atoms with Gasteiger partial charge in [-0.1, -0.05) is 26.0 Å². The van der Waals surface area contributed by atoms with Crippen LogP contribution >= 0.6 is 0 Å². The Bertz CT molecular complexity index is 1290. The molecule has 0 saturated carbocycles. The summed E-state index contributed by atoms with van der Waals surface area (Å²) >= 11 is 0. The maximum Gasteiger partial charge on any atom is 0.325 e. The number of H-pyrrole nitrogens is 1. The standard InChI is InChI=1S/C25H28N4O4/c1-14(2)24(31)27-17-6-7-18-19(10-26-20(18)9-17)23(25(32)33)28-11-15-8-16(13-28)21-4-3-5-22(30)29(21)12-15/h3-7,9-10,14-16,23,26H,8,11-13H2,1-2H3,(H,27,31)(H,32,33)/t15-,16-,23+/m0/s1. The lowest BCUT2D eigenvalue weighted by Gasteiger charge is -2.44. The molecule has 1 aromatic carbocycles. The number of piperidine rings is 1. The lowest BCUT2D eigenvalue weighted by Crippen LogP contribution is -2.49. The van der Waals surface area contributed by atoms with Gasteiger partial charge in [-0.3, -0.25) is 19.3 Å². The minimum Gasteiger partial charge on any atom is -0.480 e. The number of carbonyl (C=O) groups is 2. The predicted molar refractivity (Wildman–Crippen MR) is 125 cm³/mol. The number of nitrogens with zero attached hydrogens (tertiary/aromatic N) is 2. The molecule has 2 aliphatic rings. The largest absolute Gasteiger partial charge is 0.480 e. The highest BCUT2D eigenvalue weighted by Gasteiger charge is 2.40. The highest BCUT2D eigenvalue weighted by Crippen LogP contribution is 2.39. The Morgan fingerprint density at radius 3 is 2.73 bits per heavy atom. The Morgan fingerprint density at radius 2 is 1.97 bits per heavy atom. The van der Waals surface area contributed by atoms with Crippen LogP contribution in [0.4, 0.5) is 5.69 Å². The lowest BCUT2D eigenvalue weighted by atomic mass is 9.82. The van der Waals surface area contributed by atoms with E-state index in [1.807, 2.05) is 47.6 Å². The number of carboxylic acid groups (broad SMARTS) is 1. The van der Waals surface area contributed by atoms with Crippen molar-refractivity contribution < 1.29 is 14.7 Å². The van der Waals surface area contributed by atoms with Crippen molar-refractivity contribution in [1.82, 2.24) is 14.5 Å². The minimum absolute atomic E-state index is 0.0161. The first-order chi connectivity index (χ1) is 15.8. The van der Waals surface area contributed by atoms with E-state index in [9.17, 15) is 19.5 Å². The molecule has 4 heterocycles. The van der Waals surface area contributed by atoms with Gasteiger partial charge in [0.15, 0.2) is 0 Å². The molecule has 33 heavy (non-hydrogen) atoms. The minimum atomic E-state index is -0.890. The van der Waals surface area contributed by atoms with Crippen molar-refractivity contribution in [1.29, 1.82) is 0 Å². The van der Waals surface area contributed by atoms with Crippen LogP contribution in [0.2, 0.25) is 0 Å². The number of hydrogen-bond acceptors (Lipinski definition) is 4. The van der Waals surface area contributed by atoms with Gasteiger partial charge in [0.2, 0.25) is 5.91 Å². The average Bonchev–Trinajstić information content (AvgIpc) is 3.17. The summed E-state index contributed by atoms with van der Waals surface area (Å²) in [5, 5.41) is 13.9. The summed E-state index contributed by atoms with van der Waals surface area (Å²) in [5.74, 6) is -0.712. The maximum absolute atomic E-state index is 12.5. The van der Waals surface area contributed by atoms with Gasteiger partial charge >= 0.3 is 5.97 Å². The molecule has 0 unspecified atom stereocenters. The molecule has 2 aromatic heterocycles. The quantitative estimate of drug-likeness (QED) is 0.556. The zero-order chi connectivity index (χ0) is 23.3. The Labute approximate surface area is 191 Å². The maximum atomic E-state index is 12.5. The fraction of sp³-hybridized carbons (Fsp3) is 0.400. The van der Waals surface area contributed by atoms with Crippen LogP contribution in [0.5, 0.6) is 0 Å². The second kappa shape index (κ2) is 8.19. The monoisotopic (exact) mass is 448 g/mol. The van der Waals surface area contributed by atoms with Crippen molar-refractivity contribution in [2.45, 2.75) is 38.8 Å². The van der Waals surface area contributed by atoms with Gasteiger partial charge < -0.3 is 20.0 Å². The van der Waals surface area contributed by atoms with Crippen molar-refractivity contribution in [3.63, 3.8) is 0 Å². The number of nitrogens with one attached hydrogen (secondary N) is 2. The highest BCUT2D eigenvalue weighted by molar-refractivity contribution is 5.96. The average molecular weight is 449 g/mol. The molecule has 3 atom stereocenters. The molecule has 172 valence electrons. The van der Waals surface area contributed by atoms with Crippen LogP contribution in [0.1, 0.15) is 43.5 Å². The number of amides is 1. The fourth-order valence-corrected chi connectivity index (χ4v) is 5.37. The number of aromatic amines is 1. The van der Waals surface area contributed by atoms with Gasteiger partial charge in [0.25, 0.3) is 5.56 Å². The first-order valence-electron chi connectivity index (χ1n) is 11.4. The third-order valence-electron chi connectivity index (χ3n) is 6.91. The number of likely N-dealkylation sites (tertiary alicyclic amines) is 1. The van der Waals surface area contributed by atoms with E-state index < -0.39 is 12.0 Å². The molecule has 8 heteroatoms. The van der Waals surface area contributed by atoms with E-state index in [4.69, 9.17) is 0 Å². The third kappa shape index (κ3) is 3.84. The van der Waals surface area contributed by atoms with Crippen molar-refractivity contribution in [3.8, 4) is 0 Å². The Balaban J connectivity index is 1.46. The normalized spacial score (nSPS) is 21.1. The lowest BCUT2D eigenvalue weighted by molar-refractivity contribution is -0.144. The van der Waals surface area contributed by atoms with Crippen LogP contribution < -0.4 is 10.9 Å². The van der Waals surface area contributed by atoms with Crippen LogP contribution in [0, 0.1) is 11.8 Å². The van der Waals surface area contributed by atoms with E-state index in [0.29, 0.717) is 30.9 Å².